The van der Waals surface area contributed by atoms with Gasteiger partial charge in [-0.15, -0.1) is 0 Å². The molecule has 0 radical (unpaired) electrons. The number of nitriles is 1. The van der Waals surface area contributed by atoms with Crippen LogP contribution in [0.5, 0.6) is 0 Å². The van der Waals surface area contributed by atoms with E-state index >= 15 is 0 Å². The number of carbonyl (C=O) groups excluding carboxylic acids is 3. The van der Waals surface area contributed by atoms with Crippen LogP contribution in [-0.2, 0) is 21.9 Å². The van der Waals surface area contributed by atoms with Crippen LogP contribution in [0.1, 0.15) is 22.3 Å². The molecule has 5 rings (SSSR count). The molecule has 0 aliphatic carbocycles. The predicted molar refractivity (Wildman–Crippen MR) is 123 cm³/mol. The molecule has 3 saturated heterocycles. The number of amides is 4. The van der Waals surface area contributed by atoms with Gasteiger partial charge in [-0.3, -0.25) is 9.59 Å². The molecule has 1 N–H and O–H groups in total. The number of carbonyl (C=O) groups is 3. The van der Waals surface area contributed by atoms with Crippen molar-refractivity contribution in [1.29, 1.82) is 5.26 Å². The van der Waals surface area contributed by atoms with Crippen molar-refractivity contribution in [2.45, 2.75) is 31.4 Å². The van der Waals surface area contributed by atoms with Crippen molar-refractivity contribution in [2.24, 2.45) is 0 Å². The zero-order valence-corrected chi connectivity index (χ0v) is 20.6. The van der Waals surface area contributed by atoms with E-state index in [9.17, 15) is 46.0 Å². The number of fused-ring (bicyclic) bond motifs is 1. The highest BCUT2D eigenvalue weighted by atomic mass is 35.5. The smallest absolute Gasteiger partial charge is 0.321 e. The lowest BCUT2D eigenvalue weighted by molar-refractivity contribution is -0.852. The van der Waals surface area contributed by atoms with Gasteiger partial charge < -0.3 is 5.32 Å². The van der Waals surface area contributed by atoms with Gasteiger partial charge in [0.25, 0.3) is 11.8 Å². The number of urea groups is 1. The Hall–Kier alpha value is -3.67. The number of quaternary nitrogens is 1. The Morgan fingerprint density at radius 1 is 1.08 bits per heavy atom. The molecule has 1 spiro atoms. The molecule has 8 nitrogen and oxygen atoms in total. The van der Waals surface area contributed by atoms with Crippen molar-refractivity contribution >= 4 is 40.8 Å². The molecule has 2 aromatic rings. The summed E-state index contributed by atoms with van der Waals surface area (Å²) in [6, 6.07) is 2.19. The number of piperazine rings is 1. The van der Waals surface area contributed by atoms with E-state index in [-0.39, 0.29) is 47.7 Å². The zero-order chi connectivity index (χ0) is 28.7. The number of hydrogen-bond donors (Lipinski definition) is 1. The highest BCUT2D eigenvalue weighted by Crippen LogP contribution is 2.45. The van der Waals surface area contributed by atoms with E-state index in [2.05, 4.69) is 5.32 Å². The van der Waals surface area contributed by atoms with Gasteiger partial charge in [-0.1, -0.05) is 11.6 Å². The third-order valence-corrected chi connectivity index (χ3v) is 7.83. The van der Waals surface area contributed by atoms with Gasteiger partial charge in [-0.05, 0) is 42.8 Å². The summed E-state index contributed by atoms with van der Waals surface area (Å²) in [6.07, 6.45) is -10.2. The maximum absolute atomic E-state index is 13.8. The molecule has 204 valence electrons. The van der Waals surface area contributed by atoms with Crippen LogP contribution in [0.25, 0.3) is 0 Å². The SMILES string of the molecule is Cc1c(N2C(=O)C3CN4CC(C(=O)Nc5cc(C(F)(F)F)cc(C(F)(F)F)c5)[N+]3(C4)C2=O)ccc(C#N)c1Cl. The van der Waals surface area contributed by atoms with E-state index in [1.165, 1.54) is 19.1 Å². The first-order chi connectivity index (χ1) is 18.1. The first-order valence-electron chi connectivity index (χ1n) is 11.4. The predicted octanol–water partition coefficient (Wildman–Crippen LogP) is 4.50. The summed E-state index contributed by atoms with van der Waals surface area (Å²) in [6.45, 7) is 1.53. The normalized spacial score (nSPS) is 26.1. The van der Waals surface area contributed by atoms with Gasteiger partial charge in [0.1, 0.15) is 12.7 Å². The summed E-state index contributed by atoms with van der Waals surface area (Å²) >= 11 is 6.22. The Morgan fingerprint density at radius 2 is 1.69 bits per heavy atom. The minimum absolute atomic E-state index is 0.0324. The maximum atomic E-state index is 13.8. The van der Waals surface area contributed by atoms with Crippen LogP contribution in [0, 0.1) is 18.3 Å². The Balaban J connectivity index is 1.50. The third-order valence-electron chi connectivity index (χ3n) is 7.34. The van der Waals surface area contributed by atoms with Gasteiger partial charge in [-0.2, -0.15) is 36.5 Å². The lowest BCUT2D eigenvalue weighted by atomic mass is 10.1. The second kappa shape index (κ2) is 8.67. The van der Waals surface area contributed by atoms with Crippen molar-refractivity contribution in [3.05, 3.63) is 57.6 Å². The molecule has 15 heteroatoms. The summed E-state index contributed by atoms with van der Waals surface area (Å²) in [4.78, 5) is 43.1. The average Bonchev–Trinajstić information content (AvgIpc) is 3.48. The highest BCUT2D eigenvalue weighted by Gasteiger charge is 2.73. The first-order valence-corrected chi connectivity index (χ1v) is 11.7. The van der Waals surface area contributed by atoms with Crippen LogP contribution in [0.4, 0.5) is 42.5 Å². The van der Waals surface area contributed by atoms with Gasteiger partial charge in [0.2, 0.25) is 0 Å². The summed E-state index contributed by atoms with van der Waals surface area (Å²) in [5, 5.41) is 11.3. The molecule has 4 atom stereocenters. The second-order valence-corrected chi connectivity index (χ2v) is 9.94. The van der Waals surface area contributed by atoms with Gasteiger partial charge >= 0.3 is 18.4 Å². The Labute approximate surface area is 221 Å². The standard InChI is InChI=1S/C24H16ClF6N5O3/c1-11-16(3-2-12(7-32)19(11)25)35-21(38)18-9-34-8-17(36(18,10-34)22(35)39)20(37)33-15-5-13(23(26,27)28)4-14(6-15)24(29,30)31/h2-6,17-18H,8-10H2,1H3/p+1. The van der Waals surface area contributed by atoms with Crippen LogP contribution < -0.4 is 10.2 Å². The minimum Gasteiger partial charge on any atom is -0.321 e. The van der Waals surface area contributed by atoms with Crippen LogP contribution in [0.15, 0.2) is 30.3 Å². The number of anilines is 2. The van der Waals surface area contributed by atoms with Crippen LogP contribution in [0.2, 0.25) is 5.02 Å². The van der Waals surface area contributed by atoms with Crippen molar-refractivity contribution in [3.63, 3.8) is 0 Å². The van der Waals surface area contributed by atoms with E-state index in [0.29, 0.717) is 12.1 Å². The average molecular weight is 573 g/mol. The van der Waals surface area contributed by atoms with Gasteiger partial charge in [0, 0.05) is 5.69 Å². The van der Waals surface area contributed by atoms with Gasteiger partial charge in [-0.25, -0.2) is 14.2 Å². The van der Waals surface area contributed by atoms with Crippen molar-refractivity contribution in [1.82, 2.24) is 4.90 Å². The largest absolute Gasteiger partial charge is 0.433 e. The Kier molecular flexibility index (Phi) is 5.98. The zero-order valence-electron chi connectivity index (χ0n) is 19.8. The van der Waals surface area contributed by atoms with Crippen LogP contribution in [0.3, 0.4) is 0 Å². The Morgan fingerprint density at radius 3 is 2.26 bits per heavy atom. The number of halogens is 7. The number of imide groups is 1. The number of hydrogen-bond acceptors (Lipinski definition) is 5. The van der Waals surface area contributed by atoms with Crippen LogP contribution >= 0.6 is 11.6 Å². The molecule has 4 amide bonds. The summed E-state index contributed by atoms with van der Waals surface area (Å²) in [5.74, 6) is -1.64. The van der Waals surface area contributed by atoms with Crippen molar-refractivity contribution in [2.75, 3.05) is 30.0 Å². The first kappa shape index (κ1) is 26.9. The van der Waals surface area contributed by atoms with Crippen molar-refractivity contribution in [3.8, 4) is 6.07 Å². The lowest BCUT2D eigenvalue weighted by Crippen LogP contribution is -2.63. The van der Waals surface area contributed by atoms with Crippen molar-refractivity contribution < 1.29 is 45.2 Å². The number of rotatable bonds is 3. The fourth-order valence-electron chi connectivity index (χ4n) is 5.52. The fraction of sp³-hybridized carbons (Fsp3) is 0.333. The molecule has 4 unspecified atom stereocenters. The molecule has 2 aromatic carbocycles. The minimum atomic E-state index is -5.12. The highest BCUT2D eigenvalue weighted by molar-refractivity contribution is 6.33. The van der Waals surface area contributed by atoms with E-state index in [1.54, 1.807) is 4.90 Å². The molecule has 0 saturated carbocycles. The van der Waals surface area contributed by atoms with E-state index in [4.69, 9.17) is 11.6 Å². The van der Waals surface area contributed by atoms with E-state index < -0.39 is 63.6 Å². The molecule has 3 aliphatic rings. The Bertz CT molecular complexity index is 1450. The topological polar surface area (TPSA) is 93.5 Å². The number of nitrogens with zero attached hydrogens (tertiary/aromatic N) is 4. The summed E-state index contributed by atoms with van der Waals surface area (Å²) in [7, 11) is 0. The van der Waals surface area contributed by atoms with E-state index in [0.717, 1.165) is 4.90 Å². The fourth-order valence-corrected chi connectivity index (χ4v) is 5.72. The number of nitrogens with one attached hydrogen (secondary N) is 1. The lowest BCUT2D eigenvalue weighted by Gasteiger charge is -2.32. The molecule has 2 bridgehead atoms. The van der Waals surface area contributed by atoms with Gasteiger partial charge in [0.15, 0.2) is 12.1 Å². The monoisotopic (exact) mass is 572 g/mol. The molecular formula is C24H17ClF6N5O3+. The van der Waals surface area contributed by atoms with Crippen LogP contribution in [-0.4, -0.2) is 59.1 Å². The maximum Gasteiger partial charge on any atom is 0.433 e. The van der Waals surface area contributed by atoms with E-state index in [1.807, 2.05) is 6.07 Å². The molecule has 39 heavy (non-hydrogen) atoms. The molecule has 3 heterocycles. The second-order valence-electron chi connectivity index (χ2n) is 9.56. The number of alkyl halides is 6. The summed E-state index contributed by atoms with van der Waals surface area (Å²) in [5.41, 5.74) is -3.46. The van der Waals surface area contributed by atoms with Gasteiger partial charge in [0.05, 0.1) is 40.5 Å². The quantitative estimate of drug-likeness (QED) is 0.332. The summed E-state index contributed by atoms with van der Waals surface area (Å²) < 4.78 is 79.0. The molecule has 0 aromatic heterocycles. The third kappa shape index (κ3) is 4.03. The molecule has 3 aliphatic heterocycles. The molecule has 3 fully saturated rings. The molecular weight excluding hydrogens is 556 g/mol. The number of benzene rings is 2.